The van der Waals surface area contributed by atoms with E-state index in [-0.39, 0.29) is 24.4 Å². The molecule has 0 amide bonds. The topological polar surface area (TPSA) is 90.1 Å². The molecule has 0 bridgehead atoms. The molecule has 4 atom stereocenters. The van der Waals surface area contributed by atoms with Crippen LogP contribution >= 0.6 is 34.4 Å². The number of pyridine rings is 1. The lowest BCUT2D eigenvalue weighted by molar-refractivity contribution is -0.136. The third-order valence-corrected chi connectivity index (χ3v) is 10.9. The van der Waals surface area contributed by atoms with Crippen LogP contribution in [0.5, 0.6) is 0 Å². The first-order valence-corrected chi connectivity index (χ1v) is 14.7. The second kappa shape index (κ2) is 8.26. The Balaban J connectivity index is 1.25. The molecule has 2 aliphatic carbocycles. The van der Waals surface area contributed by atoms with Crippen LogP contribution in [0.25, 0.3) is 52.0 Å². The summed E-state index contributed by atoms with van der Waals surface area (Å²) in [5.74, 6) is -3.63. The van der Waals surface area contributed by atoms with E-state index in [1.807, 2.05) is 6.07 Å². The SMILES string of the molecule is Cn1c2cc(-c3cnc(N=C4C(=O)C(=O)C5C(F)CC(F)CC45)c4nsnc34)sc2c2sc3ccccc3c21. The molecule has 5 aromatic heterocycles. The fraction of sp³-hybridized carbons (Fsp3) is 0.259. The van der Waals surface area contributed by atoms with E-state index < -0.39 is 35.7 Å². The number of carbonyl (C=O) groups excluding carboxylic acids is 2. The largest absolute Gasteiger partial charge is 0.342 e. The molecule has 12 heteroatoms. The lowest BCUT2D eigenvalue weighted by atomic mass is 9.78. The van der Waals surface area contributed by atoms with Crippen LogP contribution in [0, 0.1) is 11.8 Å². The minimum atomic E-state index is -1.69. The summed E-state index contributed by atoms with van der Waals surface area (Å²) in [5.41, 5.74) is 3.96. The normalized spacial score (nSPS) is 24.7. The average molecular weight is 578 g/mol. The van der Waals surface area contributed by atoms with Gasteiger partial charge in [0.25, 0.3) is 0 Å². The van der Waals surface area contributed by atoms with E-state index in [2.05, 4.69) is 54.6 Å². The zero-order chi connectivity index (χ0) is 26.6. The zero-order valence-corrected chi connectivity index (χ0v) is 22.7. The molecule has 194 valence electrons. The molecule has 5 heterocycles. The summed E-state index contributed by atoms with van der Waals surface area (Å²) in [4.78, 5) is 35.1. The third-order valence-electron chi connectivity index (χ3n) is 7.87. The van der Waals surface area contributed by atoms with Crippen molar-refractivity contribution >= 4 is 99.1 Å². The van der Waals surface area contributed by atoms with Gasteiger partial charge in [-0.1, -0.05) is 18.2 Å². The number of fused-ring (bicyclic) bond motifs is 7. The van der Waals surface area contributed by atoms with Crippen LogP contribution in [-0.4, -0.2) is 47.9 Å². The van der Waals surface area contributed by atoms with Gasteiger partial charge in [-0.25, -0.2) is 18.8 Å². The lowest BCUT2D eigenvalue weighted by Gasteiger charge is -2.28. The first kappa shape index (κ1) is 23.4. The van der Waals surface area contributed by atoms with Crippen molar-refractivity contribution in [3.63, 3.8) is 0 Å². The molecule has 6 aromatic rings. The van der Waals surface area contributed by atoms with E-state index in [0.717, 1.165) is 27.7 Å². The Morgan fingerprint density at radius 3 is 2.74 bits per heavy atom. The van der Waals surface area contributed by atoms with E-state index in [9.17, 15) is 18.4 Å². The van der Waals surface area contributed by atoms with Crippen molar-refractivity contribution in [2.45, 2.75) is 25.2 Å². The van der Waals surface area contributed by atoms with Crippen molar-refractivity contribution in [2.24, 2.45) is 23.9 Å². The van der Waals surface area contributed by atoms with Gasteiger partial charge in [0.15, 0.2) is 5.82 Å². The number of hydrogen-bond donors (Lipinski definition) is 0. The van der Waals surface area contributed by atoms with E-state index in [0.29, 0.717) is 11.0 Å². The van der Waals surface area contributed by atoms with Crippen molar-refractivity contribution in [1.82, 2.24) is 18.3 Å². The quantitative estimate of drug-likeness (QED) is 0.216. The number of aryl methyl sites for hydroxylation is 1. The number of thiophene rings is 2. The molecular formula is C27H17F2N5O2S3. The number of aliphatic imine (C=N–C) groups is 1. The smallest absolute Gasteiger partial charge is 0.243 e. The van der Waals surface area contributed by atoms with Crippen molar-refractivity contribution in [2.75, 3.05) is 0 Å². The molecule has 8 rings (SSSR count). The summed E-state index contributed by atoms with van der Waals surface area (Å²) in [7, 11) is 2.07. The number of halogens is 2. The third kappa shape index (κ3) is 3.22. The summed E-state index contributed by atoms with van der Waals surface area (Å²) in [6.07, 6.45) is -1.96. The molecule has 0 spiro atoms. The molecule has 2 aliphatic rings. The number of rotatable bonds is 2. The van der Waals surface area contributed by atoms with Crippen molar-refractivity contribution < 1.29 is 18.4 Å². The molecule has 2 fully saturated rings. The Morgan fingerprint density at radius 1 is 1.05 bits per heavy atom. The molecule has 0 saturated heterocycles. The number of carbonyl (C=O) groups is 2. The van der Waals surface area contributed by atoms with Crippen LogP contribution in [0.1, 0.15) is 12.8 Å². The summed E-state index contributed by atoms with van der Waals surface area (Å²) < 4.78 is 43.4. The van der Waals surface area contributed by atoms with Crippen LogP contribution in [-0.2, 0) is 16.6 Å². The highest BCUT2D eigenvalue weighted by Crippen LogP contribution is 2.47. The summed E-state index contributed by atoms with van der Waals surface area (Å²) in [6, 6.07) is 10.5. The van der Waals surface area contributed by atoms with Gasteiger partial charge in [0.2, 0.25) is 11.6 Å². The van der Waals surface area contributed by atoms with Gasteiger partial charge in [0, 0.05) is 46.1 Å². The molecule has 2 saturated carbocycles. The maximum Gasteiger partial charge on any atom is 0.243 e. The molecule has 0 radical (unpaired) electrons. The van der Waals surface area contributed by atoms with E-state index in [4.69, 9.17) is 0 Å². The summed E-state index contributed by atoms with van der Waals surface area (Å²) >= 11 is 4.43. The first-order valence-electron chi connectivity index (χ1n) is 12.4. The number of Topliss-reactive ketones (excluding diaryl/α,β-unsaturated/α-hetero) is 2. The number of ketones is 2. The minimum absolute atomic E-state index is 0.105. The van der Waals surface area contributed by atoms with Crippen LogP contribution < -0.4 is 0 Å². The molecule has 4 unspecified atom stereocenters. The van der Waals surface area contributed by atoms with E-state index in [1.165, 1.54) is 25.0 Å². The molecule has 7 nitrogen and oxygen atoms in total. The number of aromatic nitrogens is 4. The highest BCUT2D eigenvalue weighted by Gasteiger charge is 2.54. The first-order chi connectivity index (χ1) is 18.9. The molecule has 39 heavy (non-hydrogen) atoms. The second-order valence-corrected chi connectivity index (χ2v) is 12.7. The van der Waals surface area contributed by atoms with Crippen molar-refractivity contribution in [1.29, 1.82) is 0 Å². The Morgan fingerprint density at radius 2 is 1.87 bits per heavy atom. The van der Waals surface area contributed by atoms with Crippen LogP contribution in [0.15, 0.2) is 41.5 Å². The Hall–Kier alpha value is -3.48. The van der Waals surface area contributed by atoms with Crippen LogP contribution in [0.2, 0.25) is 0 Å². The number of alkyl halides is 2. The number of nitrogens with zero attached hydrogens (tertiary/aromatic N) is 5. The van der Waals surface area contributed by atoms with E-state index >= 15 is 0 Å². The number of hydrogen-bond acceptors (Lipinski definition) is 9. The van der Waals surface area contributed by atoms with Gasteiger partial charge >= 0.3 is 0 Å². The van der Waals surface area contributed by atoms with Crippen molar-refractivity contribution in [3.05, 3.63) is 36.5 Å². The predicted octanol–water partition coefficient (Wildman–Crippen LogP) is 6.60. The molecule has 0 N–H and O–H groups in total. The average Bonchev–Trinajstić information content (AvgIpc) is 3.72. The van der Waals surface area contributed by atoms with Gasteiger partial charge < -0.3 is 4.57 Å². The maximum atomic E-state index is 14.5. The standard InChI is InChI=1S/C27H17F2N5O2S3/c1-34-15-8-17(38-25(15)26-22(34)11-4-2-3-5-16(11)37-26)13-9-30-27(21-19(13)32-39-33-21)31-20-12-6-10(28)7-14(29)18(12)23(35)24(20)36/h2-5,8-10,12,14,18H,6-7H2,1H3. The van der Waals surface area contributed by atoms with Gasteiger partial charge in [-0.3, -0.25) is 9.59 Å². The second-order valence-electron chi connectivity index (χ2n) is 10.0. The number of benzene rings is 1. The predicted molar refractivity (Wildman–Crippen MR) is 151 cm³/mol. The fourth-order valence-corrected chi connectivity index (χ4v) is 9.20. The van der Waals surface area contributed by atoms with Crippen LogP contribution in [0.3, 0.4) is 0 Å². The maximum absolute atomic E-state index is 14.5. The van der Waals surface area contributed by atoms with E-state index in [1.54, 1.807) is 28.9 Å². The molecular weight excluding hydrogens is 561 g/mol. The summed E-state index contributed by atoms with van der Waals surface area (Å²) in [6.45, 7) is 0. The van der Waals surface area contributed by atoms with Crippen molar-refractivity contribution in [3.8, 4) is 10.4 Å². The zero-order valence-electron chi connectivity index (χ0n) is 20.2. The van der Waals surface area contributed by atoms with Gasteiger partial charge in [-0.15, -0.1) is 22.7 Å². The lowest BCUT2D eigenvalue weighted by Crippen LogP contribution is -2.36. The fourth-order valence-electron chi connectivity index (χ4n) is 6.07. The highest BCUT2D eigenvalue weighted by molar-refractivity contribution is 7.32. The minimum Gasteiger partial charge on any atom is -0.342 e. The molecule has 1 aromatic carbocycles. The van der Waals surface area contributed by atoms with Gasteiger partial charge in [0.1, 0.15) is 23.4 Å². The van der Waals surface area contributed by atoms with Gasteiger partial charge in [-0.2, -0.15) is 8.75 Å². The molecule has 0 aliphatic heterocycles. The van der Waals surface area contributed by atoms with Crippen LogP contribution in [0.4, 0.5) is 14.6 Å². The monoisotopic (exact) mass is 577 g/mol. The summed E-state index contributed by atoms with van der Waals surface area (Å²) in [5, 5.41) is 1.24. The highest BCUT2D eigenvalue weighted by atomic mass is 32.1. The Labute approximate surface area is 231 Å². The Bertz CT molecular complexity index is 2050. The van der Waals surface area contributed by atoms with Gasteiger partial charge in [-0.05, 0) is 18.6 Å². The Kier molecular flexibility index (Phi) is 4.96. The van der Waals surface area contributed by atoms with Gasteiger partial charge in [0.05, 0.1) is 43.8 Å².